The van der Waals surface area contributed by atoms with E-state index < -0.39 is 0 Å². The van der Waals surface area contributed by atoms with Crippen LogP contribution in [0.3, 0.4) is 0 Å². The minimum absolute atomic E-state index is 0.0907. The molecule has 1 unspecified atom stereocenters. The van der Waals surface area contributed by atoms with E-state index in [9.17, 15) is 4.79 Å². The Morgan fingerprint density at radius 2 is 2.30 bits per heavy atom. The lowest BCUT2D eigenvalue weighted by Crippen LogP contribution is -2.18. The topological polar surface area (TPSA) is 64.7 Å². The molecule has 0 aliphatic carbocycles. The summed E-state index contributed by atoms with van der Waals surface area (Å²) in [5.74, 6) is 1.55. The van der Waals surface area contributed by atoms with Gasteiger partial charge in [0, 0.05) is 31.8 Å². The molecule has 6 nitrogen and oxygen atoms in total. The Hall–Kier alpha value is -1.56. The second-order valence-corrected chi connectivity index (χ2v) is 5.45. The first-order valence-corrected chi connectivity index (χ1v) is 7.46. The highest BCUT2D eigenvalue weighted by Crippen LogP contribution is 2.27. The van der Waals surface area contributed by atoms with E-state index in [4.69, 9.17) is 16.6 Å². The molecule has 2 aromatic heterocycles. The lowest BCUT2D eigenvalue weighted by molar-refractivity contribution is -0.119. The van der Waals surface area contributed by atoms with Crippen LogP contribution >= 0.6 is 11.6 Å². The van der Waals surface area contributed by atoms with E-state index in [1.165, 1.54) is 0 Å². The number of halogens is 1. The van der Waals surface area contributed by atoms with Gasteiger partial charge >= 0.3 is 0 Å². The molecule has 108 valence electrons. The molecule has 1 fully saturated rings. The minimum atomic E-state index is 0.0907. The van der Waals surface area contributed by atoms with Crippen molar-refractivity contribution in [1.29, 1.82) is 0 Å². The van der Waals surface area contributed by atoms with Gasteiger partial charge in [-0.05, 0) is 13.8 Å². The second-order valence-electron chi connectivity index (χ2n) is 5.07. The molecule has 1 amide bonds. The maximum absolute atomic E-state index is 11.5. The molecule has 3 rings (SSSR count). The van der Waals surface area contributed by atoms with Crippen LogP contribution in [0.15, 0.2) is 0 Å². The van der Waals surface area contributed by atoms with Crippen molar-refractivity contribution >= 4 is 28.7 Å². The summed E-state index contributed by atoms with van der Waals surface area (Å²) in [5, 5.41) is 7.40. The van der Waals surface area contributed by atoms with Gasteiger partial charge in [0.2, 0.25) is 5.91 Å². The molecule has 2 aromatic rings. The zero-order chi connectivity index (χ0) is 14.3. The van der Waals surface area contributed by atoms with Gasteiger partial charge in [-0.15, -0.1) is 11.6 Å². The Kier molecular flexibility index (Phi) is 3.41. The molecule has 0 bridgehead atoms. The summed E-state index contributed by atoms with van der Waals surface area (Å²) in [5.41, 5.74) is 2.85. The van der Waals surface area contributed by atoms with Crippen molar-refractivity contribution in [2.45, 2.75) is 39.3 Å². The number of carbonyl (C=O) groups is 1. The Balaban J connectivity index is 2.19. The fourth-order valence-electron chi connectivity index (χ4n) is 2.87. The zero-order valence-electron chi connectivity index (χ0n) is 11.7. The fourth-order valence-corrected chi connectivity index (χ4v) is 3.04. The van der Waals surface area contributed by atoms with Crippen molar-refractivity contribution in [1.82, 2.24) is 24.6 Å². The third-order valence-corrected chi connectivity index (χ3v) is 3.94. The number of aryl methyl sites for hydroxylation is 3. The van der Waals surface area contributed by atoms with E-state index >= 15 is 0 Å². The summed E-state index contributed by atoms with van der Waals surface area (Å²) in [4.78, 5) is 16.2. The van der Waals surface area contributed by atoms with Crippen LogP contribution in [-0.4, -0.2) is 37.7 Å². The zero-order valence-corrected chi connectivity index (χ0v) is 12.4. The van der Waals surface area contributed by atoms with Crippen LogP contribution in [0.2, 0.25) is 0 Å². The van der Waals surface area contributed by atoms with Crippen LogP contribution in [0.4, 0.5) is 0 Å². The van der Waals surface area contributed by atoms with Gasteiger partial charge in [0.15, 0.2) is 5.65 Å². The van der Waals surface area contributed by atoms with E-state index in [0.717, 1.165) is 29.2 Å². The number of amides is 1. The molecule has 7 heteroatoms. The number of nitrogens with zero attached hydrogens (tertiary/aromatic N) is 4. The van der Waals surface area contributed by atoms with Crippen molar-refractivity contribution in [2.75, 3.05) is 12.4 Å². The van der Waals surface area contributed by atoms with Crippen molar-refractivity contribution in [3.8, 4) is 0 Å². The fraction of sp³-hybridized carbons (Fsp3) is 0.615. The Morgan fingerprint density at radius 1 is 1.50 bits per heavy atom. The van der Waals surface area contributed by atoms with Crippen LogP contribution in [0.5, 0.6) is 0 Å². The summed E-state index contributed by atoms with van der Waals surface area (Å²) < 4.78 is 4.11. The van der Waals surface area contributed by atoms with Crippen molar-refractivity contribution in [2.24, 2.45) is 0 Å². The third kappa shape index (κ3) is 1.98. The van der Waals surface area contributed by atoms with Crippen molar-refractivity contribution < 1.29 is 4.79 Å². The highest BCUT2D eigenvalue weighted by molar-refractivity contribution is 6.17. The molecule has 0 aromatic carbocycles. The predicted molar refractivity (Wildman–Crippen MR) is 77.0 cm³/mol. The summed E-state index contributed by atoms with van der Waals surface area (Å²) in [6.07, 6.45) is 1.19. The molecule has 0 saturated carbocycles. The lowest BCUT2D eigenvalue weighted by Gasteiger charge is -2.15. The first-order chi connectivity index (χ1) is 9.65. The van der Waals surface area contributed by atoms with Gasteiger partial charge in [0.1, 0.15) is 11.3 Å². The van der Waals surface area contributed by atoms with Crippen LogP contribution in [0.25, 0.3) is 11.2 Å². The monoisotopic (exact) mass is 295 g/mol. The van der Waals surface area contributed by atoms with Gasteiger partial charge < -0.3 is 9.88 Å². The van der Waals surface area contributed by atoms with Crippen molar-refractivity contribution in [3.63, 3.8) is 0 Å². The number of nitrogens with one attached hydrogen (secondary N) is 1. The Bertz CT molecular complexity index is 659. The molecule has 3 heterocycles. The van der Waals surface area contributed by atoms with Gasteiger partial charge in [0.25, 0.3) is 0 Å². The number of hydrogen-bond donors (Lipinski definition) is 1. The van der Waals surface area contributed by atoms with Gasteiger partial charge in [-0.3, -0.25) is 4.79 Å². The molecule has 1 aliphatic heterocycles. The highest BCUT2D eigenvalue weighted by Gasteiger charge is 2.29. The van der Waals surface area contributed by atoms with E-state index in [-0.39, 0.29) is 11.9 Å². The standard InChI is InChI=1S/C13H18ClN5O/c1-3-18-13-12(8(2)17-18)16-10(4-5-14)19(13)9-6-11(20)15-7-9/h9H,3-7H2,1-2H3,(H,15,20). The molecule has 1 atom stereocenters. The summed E-state index contributed by atoms with van der Waals surface area (Å²) in [6.45, 7) is 5.45. The van der Waals surface area contributed by atoms with Crippen LogP contribution in [0, 0.1) is 6.92 Å². The molecule has 1 saturated heterocycles. The maximum Gasteiger partial charge on any atom is 0.222 e. The number of aromatic nitrogens is 4. The summed E-state index contributed by atoms with van der Waals surface area (Å²) >= 11 is 5.89. The highest BCUT2D eigenvalue weighted by atomic mass is 35.5. The number of imidazole rings is 1. The van der Waals surface area contributed by atoms with Gasteiger partial charge in [-0.2, -0.15) is 5.10 Å². The maximum atomic E-state index is 11.5. The van der Waals surface area contributed by atoms with E-state index in [1.54, 1.807) is 0 Å². The van der Waals surface area contributed by atoms with E-state index in [0.29, 0.717) is 25.3 Å². The lowest BCUT2D eigenvalue weighted by atomic mass is 10.2. The predicted octanol–water partition coefficient (Wildman–Crippen LogP) is 1.40. The number of alkyl halides is 1. The molecule has 1 aliphatic rings. The molecule has 1 N–H and O–H groups in total. The van der Waals surface area contributed by atoms with Gasteiger partial charge in [-0.25, -0.2) is 9.67 Å². The number of fused-ring (bicyclic) bond motifs is 1. The van der Waals surface area contributed by atoms with Gasteiger partial charge in [0.05, 0.1) is 11.7 Å². The summed E-state index contributed by atoms with van der Waals surface area (Å²) in [6, 6.07) is 0.104. The molecular weight excluding hydrogens is 278 g/mol. The minimum Gasteiger partial charge on any atom is -0.354 e. The first kappa shape index (κ1) is 13.4. The van der Waals surface area contributed by atoms with E-state index in [2.05, 4.69) is 21.9 Å². The normalized spacial score (nSPS) is 18.9. The second kappa shape index (κ2) is 5.09. The molecule has 0 radical (unpaired) electrons. The van der Waals surface area contributed by atoms with Crippen molar-refractivity contribution in [3.05, 3.63) is 11.5 Å². The molecule has 0 spiro atoms. The number of hydrogen-bond acceptors (Lipinski definition) is 3. The largest absolute Gasteiger partial charge is 0.354 e. The smallest absolute Gasteiger partial charge is 0.222 e. The Labute approximate surface area is 122 Å². The van der Waals surface area contributed by atoms with Gasteiger partial charge in [-0.1, -0.05) is 0 Å². The number of carbonyl (C=O) groups excluding carboxylic acids is 1. The van der Waals surface area contributed by atoms with Crippen LogP contribution in [-0.2, 0) is 17.8 Å². The van der Waals surface area contributed by atoms with Crippen LogP contribution < -0.4 is 5.32 Å². The average Bonchev–Trinajstić information content (AvgIpc) is 3.06. The first-order valence-electron chi connectivity index (χ1n) is 6.92. The number of rotatable bonds is 4. The summed E-state index contributed by atoms with van der Waals surface area (Å²) in [7, 11) is 0. The molecule has 20 heavy (non-hydrogen) atoms. The van der Waals surface area contributed by atoms with Crippen LogP contribution in [0.1, 0.15) is 30.9 Å². The molecular formula is C13H18ClN5O. The SMILES string of the molecule is CCn1nc(C)c2nc(CCCl)n(C3CNC(=O)C3)c21. The Morgan fingerprint density at radius 3 is 2.90 bits per heavy atom. The van der Waals surface area contributed by atoms with E-state index in [1.807, 2.05) is 11.6 Å². The average molecular weight is 296 g/mol. The third-order valence-electron chi connectivity index (χ3n) is 3.76. The quantitative estimate of drug-likeness (QED) is 0.867.